The lowest BCUT2D eigenvalue weighted by Crippen LogP contribution is -2.35. The summed E-state index contributed by atoms with van der Waals surface area (Å²) in [6.07, 6.45) is 6.94. The number of ether oxygens (including phenoxy) is 1. The van der Waals surface area contributed by atoms with Gasteiger partial charge in [-0.2, -0.15) is 5.10 Å². The van der Waals surface area contributed by atoms with Gasteiger partial charge in [0.15, 0.2) is 0 Å². The van der Waals surface area contributed by atoms with Crippen LogP contribution in [0.4, 0.5) is 0 Å². The van der Waals surface area contributed by atoms with Crippen molar-refractivity contribution >= 4 is 38.9 Å². The fraction of sp³-hybridized carbons (Fsp3) is 0.286. The van der Waals surface area contributed by atoms with Crippen molar-refractivity contribution in [1.29, 1.82) is 0 Å². The lowest BCUT2D eigenvalue weighted by atomic mass is 10.00. The SMILES string of the molecule is COc1ccccc1-c1cc(C(=O)N(C)C)cc2sc(C3=CCCN(C(=O)CCn4cccn4)C3)nc12. The second kappa shape index (κ2) is 10.6. The second-order valence-corrected chi connectivity index (χ2v) is 10.2. The Kier molecular flexibility index (Phi) is 7.05. The number of thiazole rings is 1. The standard InChI is InChI=1S/C28H29N5O3S/c1-31(2)28(35)20-16-22(21-9-4-5-10-23(21)36-3)26-24(17-20)37-27(30-26)19-8-6-13-32(18-19)25(34)11-15-33-14-7-12-29-33/h4-5,7-10,12,14,16-17H,6,11,13,15,18H2,1-3H3. The van der Waals surface area contributed by atoms with Crippen LogP contribution < -0.4 is 4.74 Å². The van der Waals surface area contributed by atoms with E-state index >= 15 is 0 Å². The Balaban J connectivity index is 1.49. The van der Waals surface area contributed by atoms with E-state index in [9.17, 15) is 9.59 Å². The summed E-state index contributed by atoms with van der Waals surface area (Å²) >= 11 is 1.55. The molecule has 0 spiro atoms. The molecular formula is C28H29N5O3S. The van der Waals surface area contributed by atoms with E-state index in [0.717, 1.165) is 44.1 Å². The molecule has 0 saturated carbocycles. The van der Waals surface area contributed by atoms with Crippen LogP contribution in [-0.2, 0) is 11.3 Å². The number of hydrogen-bond donors (Lipinski definition) is 0. The summed E-state index contributed by atoms with van der Waals surface area (Å²) in [5, 5.41) is 5.05. The molecule has 5 rings (SSSR count). The minimum Gasteiger partial charge on any atom is -0.496 e. The van der Waals surface area contributed by atoms with Gasteiger partial charge in [0.2, 0.25) is 5.91 Å². The monoisotopic (exact) mass is 515 g/mol. The van der Waals surface area contributed by atoms with Gasteiger partial charge in [-0.1, -0.05) is 24.3 Å². The first-order valence-corrected chi connectivity index (χ1v) is 13.0. The van der Waals surface area contributed by atoms with Gasteiger partial charge in [-0.15, -0.1) is 11.3 Å². The molecule has 190 valence electrons. The molecule has 37 heavy (non-hydrogen) atoms. The molecule has 4 aromatic rings. The number of amides is 2. The van der Waals surface area contributed by atoms with Crippen molar-refractivity contribution in [3.8, 4) is 16.9 Å². The predicted molar refractivity (Wildman–Crippen MR) is 146 cm³/mol. The van der Waals surface area contributed by atoms with Gasteiger partial charge in [-0.3, -0.25) is 14.3 Å². The van der Waals surface area contributed by atoms with Crippen molar-refractivity contribution in [2.45, 2.75) is 19.4 Å². The number of carbonyl (C=O) groups excluding carboxylic acids is 2. The number of hydrogen-bond acceptors (Lipinski definition) is 6. The van der Waals surface area contributed by atoms with E-state index in [1.807, 2.05) is 53.6 Å². The van der Waals surface area contributed by atoms with Crippen molar-refractivity contribution in [3.05, 3.63) is 71.5 Å². The molecule has 0 bridgehead atoms. The summed E-state index contributed by atoms with van der Waals surface area (Å²) in [5.41, 5.74) is 4.19. The first kappa shape index (κ1) is 24.7. The molecule has 1 aliphatic heterocycles. The summed E-state index contributed by atoms with van der Waals surface area (Å²) in [5.74, 6) is 0.758. The molecule has 1 aliphatic rings. The molecule has 0 saturated heterocycles. The van der Waals surface area contributed by atoms with Crippen LogP contribution in [0.25, 0.3) is 26.9 Å². The zero-order chi connectivity index (χ0) is 25.9. The molecule has 0 radical (unpaired) electrons. The van der Waals surface area contributed by atoms with E-state index in [0.29, 0.717) is 31.6 Å². The van der Waals surface area contributed by atoms with Gasteiger partial charge in [0, 0.05) is 74.8 Å². The molecule has 0 aliphatic carbocycles. The Morgan fingerprint density at radius 1 is 1.14 bits per heavy atom. The highest BCUT2D eigenvalue weighted by Gasteiger charge is 2.23. The lowest BCUT2D eigenvalue weighted by molar-refractivity contribution is -0.131. The zero-order valence-corrected chi connectivity index (χ0v) is 22.0. The maximum atomic E-state index is 12.9. The van der Waals surface area contributed by atoms with Gasteiger partial charge in [-0.05, 0) is 30.7 Å². The molecule has 0 unspecified atom stereocenters. The summed E-state index contributed by atoms with van der Waals surface area (Å²) in [6, 6.07) is 13.4. The van der Waals surface area contributed by atoms with Gasteiger partial charge < -0.3 is 14.5 Å². The summed E-state index contributed by atoms with van der Waals surface area (Å²) in [6.45, 7) is 1.78. The largest absolute Gasteiger partial charge is 0.496 e. The fourth-order valence-electron chi connectivity index (χ4n) is 4.53. The maximum absolute atomic E-state index is 12.9. The summed E-state index contributed by atoms with van der Waals surface area (Å²) in [4.78, 5) is 34.3. The minimum atomic E-state index is -0.0705. The number of aromatic nitrogens is 3. The Morgan fingerprint density at radius 2 is 1.97 bits per heavy atom. The minimum absolute atomic E-state index is 0.0705. The Hall–Kier alpha value is -3.98. The van der Waals surface area contributed by atoms with Crippen LogP contribution in [0.1, 0.15) is 28.2 Å². The zero-order valence-electron chi connectivity index (χ0n) is 21.2. The normalized spacial score (nSPS) is 13.5. The highest BCUT2D eigenvalue weighted by molar-refractivity contribution is 7.19. The van der Waals surface area contributed by atoms with E-state index < -0.39 is 0 Å². The number of nitrogens with zero attached hydrogens (tertiary/aromatic N) is 5. The summed E-state index contributed by atoms with van der Waals surface area (Å²) in [7, 11) is 5.14. The Bertz CT molecular complexity index is 1470. The number of rotatable bonds is 7. The van der Waals surface area contributed by atoms with Gasteiger partial charge >= 0.3 is 0 Å². The number of para-hydroxylation sites is 1. The van der Waals surface area contributed by atoms with Crippen molar-refractivity contribution < 1.29 is 14.3 Å². The van der Waals surface area contributed by atoms with Gasteiger partial charge in [-0.25, -0.2) is 4.98 Å². The van der Waals surface area contributed by atoms with Crippen LogP contribution in [0, 0.1) is 0 Å². The first-order chi connectivity index (χ1) is 17.9. The fourth-order valence-corrected chi connectivity index (χ4v) is 5.60. The number of carbonyl (C=O) groups is 2. The van der Waals surface area contributed by atoms with Crippen LogP contribution in [0.3, 0.4) is 0 Å². The van der Waals surface area contributed by atoms with Gasteiger partial charge in [0.1, 0.15) is 10.8 Å². The van der Waals surface area contributed by atoms with Crippen molar-refractivity contribution in [1.82, 2.24) is 24.6 Å². The highest BCUT2D eigenvalue weighted by Crippen LogP contribution is 2.39. The maximum Gasteiger partial charge on any atom is 0.253 e. The highest BCUT2D eigenvalue weighted by atomic mass is 32.1. The molecular weight excluding hydrogens is 486 g/mol. The predicted octanol–water partition coefficient (Wildman–Crippen LogP) is 4.58. The topological polar surface area (TPSA) is 80.6 Å². The van der Waals surface area contributed by atoms with Crippen LogP contribution in [0.15, 0.2) is 60.9 Å². The van der Waals surface area contributed by atoms with E-state index in [2.05, 4.69) is 11.2 Å². The molecule has 2 aromatic heterocycles. The number of methoxy groups -OCH3 is 1. The molecule has 0 N–H and O–H groups in total. The molecule has 9 heteroatoms. The number of aryl methyl sites for hydroxylation is 1. The smallest absolute Gasteiger partial charge is 0.253 e. The van der Waals surface area contributed by atoms with Crippen LogP contribution >= 0.6 is 11.3 Å². The van der Waals surface area contributed by atoms with Gasteiger partial charge in [0.25, 0.3) is 5.91 Å². The Morgan fingerprint density at radius 3 is 2.73 bits per heavy atom. The van der Waals surface area contributed by atoms with E-state index in [1.165, 1.54) is 0 Å². The van der Waals surface area contributed by atoms with E-state index in [4.69, 9.17) is 9.72 Å². The van der Waals surface area contributed by atoms with Crippen LogP contribution in [0.5, 0.6) is 5.75 Å². The molecule has 8 nitrogen and oxygen atoms in total. The second-order valence-electron chi connectivity index (χ2n) is 9.14. The summed E-state index contributed by atoms with van der Waals surface area (Å²) < 4.78 is 8.33. The van der Waals surface area contributed by atoms with Crippen molar-refractivity contribution in [2.75, 3.05) is 34.3 Å². The van der Waals surface area contributed by atoms with Crippen LogP contribution in [0.2, 0.25) is 0 Å². The third-order valence-corrected chi connectivity index (χ3v) is 7.52. The van der Waals surface area contributed by atoms with Crippen LogP contribution in [-0.4, -0.2) is 70.7 Å². The first-order valence-electron chi connectivity index (χ1n) is 12.2. The third-order valence-electron chi connectivity index (χ3n) is 6.44. The third kappa shape index (κ3) is 5.13. The molecule has 0 atom stereocenters. The lowest BCUT2D eigenvalue weighted by Gasteiger charge is -2.26. The van der Waals surface area contributed by atoms with Crippen molar-refractivity contribution in [3.63, 3.8) is 0 Å². The van der Waals surface area contributed by atoms with E-state index in [1.54, 1.807) is 48.3 Å². The quantitative estimate of drug-likeness (QED) is 0.360. The van der Waals surface area contributed by atoms with E-state index in [-0.39, 0.29) is 11.8 Å². The number of benzene rings is 2. The molecule has 3 heterocycles. The average molecular weight is 516 g/mol. The molecule has 2 amide bonds. The van der Waals surface area contributed by atoms with Crippen molar-refractivity contribution in [2.24, 2.45) is 0 Å². The Labute approximate surface area is 219 Å². The number of fused-ring (bicyclic) bond motifs is 1. The average Bonchev–Trinajstić information content (AvgIpc) is 3.61. The molecule has 0 fully saturated rings. The molecule has 2 aromatic carbocycles. The van der Waals surface area contributed by atoms with Gasteiger partial charge in [0.05, 0.1) is 17.3 Å².